The van der Waals surface area contributed by atoms with Crippen LogP contribution in [-0.4, -0.2) is 54.3 Å². The summed E-state index contributed by atoms with van der Waals surface area (Å²) in [6.07, 6.45) is -0.295. The van der Waals surface area contributed by atoms with Gasteiger partial charge in [-0.25, -0.2) is 9.18 Å². The fourth-order valence-corrected chi connectivity index (χ4v) is 2.39. The second kappa shape index (κ2) is 6.89. The molecule has 4 nitrogen and oxygen atoms in total. The molecule has 0 radical (unpaired) electrons. The number of rotatable bonds is 4. The molecule has 0 spiro atoms. The van der Waals surface area contributed by atoms with Gasteiger partial charge in [0.05, 0.1) is 0 Å². The normalized spacial score (nSPS) is 16.8. The highest BCUT2D eigenvalue weighted by Gasteiger charge is 2.31. The first-order chi connectivity index (χ1) is 10.0. The molecule has 2 rings (SSSR count). The Hall–Kier alpha value is -1.62. The quantitative estimate of drug-likeness (QED) is 0.856. The molecule has 0 N–H and O–H groups in total. The number of benzene rings is 1. The Morgan fingerprint density at radius 3 is 2.38 bits per heavy atom. The number of piperazine rings is 1. The van der Waals surface area contributed by atoms with Crippen molar-refractivity contribution in [3.63, 3.8) is 0 Å². The molecule has 1 aliphatic heterocycles. The van der Waals surface area contributed by atoms with E-state index in [4.69, 9.17) is 4.74 Å². The van der Waals surface area contributed by atoms with Crippen molar-refractivity contribution in [3.8, 4) is 0 Å². The van der Waals surface area contributed by atoms with Crippen LogP contribution >= 0.6 is 0 Å². The molecule has 0 bridgehead atoms. The zero-order chi connectivity index (χ0) is 15.3. The topological polar surface area (TPSA) is 32.8 Å². The lowest BCUT2D eigenvalue weighted by molar-refractivity contribution is 0.0277. The maximum Gasteiger partial charge on any atom is 0.410 e. The summed E-state index contributed by atoms with van der Waals surface area (Å²) in [5, 5.41) is 0. The lowest BCUT2D eigenvalue weighted by atomic mass is 10.0. The van der Waals surface area contributed by atoms with Crippen molar-refractivity contribution >= 4 is 6.09 Å². The van der Waals surface area contributed by atoms with Gasteiger partial charge in [0, 0.05) is 31.7 Å². The first-order valence-corrected chi connectivity index (χ1v) is 7.29. The van der Waals surface area contributed by atoms with Gasteiger partial charge in [0.15, 0.2) is 0 Å². The van der Waals surface area contributed by atoms with Gasteiger partial charge in [0.1, 0.15) is 13.3 Å². The minimum Gasteiger partial charge on any atom is -0.445 e. The van der Waals surface area contributed by atoms with E-state index in [-0.39, 0.29) is 19.4 Å². The van der Waals surface area contributed by atoms with E-state index in [0.29, 0.717) is 26.2 Å². The number of hydrogen-bond donors (Lipinski definition) is 0. The minimum absolute atomic E-state index is 0.288. The van der Waals surface area contributed by atoms with Crippen molar-refractivity contribution in [2.75, 3.05) is 32.9 Å². The largest absolute Gasteiger partial charge is 0.445 e. The number of ether oxygens (including phenoxy) is 1. The van der Waals surface area contributed by atoms with Crippen LogP contribution in [0, 0.1) is 0 Å². The van der Waals surface area contributed by atoms with E-state index < -0.39 is 5.54 Å². The van der Waals surface area contributed by atoms with Crippen molar-refractivity contribution in [3.05, 3.63) is 35.9 Å². The van der Waals surface area contributed by atoms with Crippen molar-refractivity contribution in [1.82, 2.24) is 9.80 Å². The molecule has 1 amide bonds. The summed E-state index contributed by atoms with van der Waals surface area (Å²) in [5.41, 5.74) is 0.517. The molecule has 0 saturated carbocycles. The molecule has 0 atom stereocenters. The Labute approximate surface area is 125 Å². The maximum absolute atomic E-state index is 13.0. The predicted octanol–water partition coefficient (Wildman–Crippen LogP) is 2.69. The highest BCUT2D eigenvalue weighted by atomic mass is 19.1. The summed E-state index contributed by atoms with van der Waals surface area (Å²) < 4.78 is 18.3. The van der Waals surface area contributed by atoms with Gasteiger partial charge in [-0.15, -0.1) is 0 Å². The average Bonchev–Trinajstić information content (AvgIpc) is 2.53. The third-order valence-electron chi connectivity index (χ3n) is 3.93. The van der Waals surface area contributed by atoms with Gasteiger partial charge in [-0.2, -0.15) is 0 Å². The Morgan fingerprint density at radius 1 is 1.19 bits per heavy atom. The summed E-state index contributed by atoms with van der Waals surface area (Å²) in [7, 11) is 0. The highest BCUT2D eigenvalue weighted by Crippen LogP contribution is 2.18. The molecular weight excluding hydrogens is 271 g/mol. The van der Waals surface area contributed by atoms with Crippen LogP contribution < -0.4 is 0 Å². The van der Waals surface area contributed by atoms with E-state index in [1.807, 2.05) is 44.2 Å². The van der Waals surface area contributed by atoms with Crippen LogP contribution in [0.3, 0.4) is 0 Å². The Morgan fingerprint density at radius 2 is 1.81 bits per heavy atom. The third-order valence-corrected chi connectivity index (χ3v) is 3.93. The van der Waals surface area contributed by atoms with Crippen LogP contribution in [0.1, 0.15) is 19.4 Å². The number of carbonyl (C=O) groups is 1. The van der Waals surface area contributed by atoms with Crippen LogP contribution in [0.5, 0.6) is 0 Å². The molecule has 116 valence electrons. The number of hydrogen-bond acceptors (Lipinski definition) is 3. The fourth-order valence-electron chi connectivity index (χ4n) is 2.39. The molecule has 21 heavy (non-hydrogen) atoms. The summed E-state index contributed by atoms with van der Waals surface area (Å²) >= 11 is 0. The SMILES string of the molecule is CC(C)(CF)N1CCN(C(=O)OCc2ccccc2)CC1. The van der Waals surface area contributed by atoms with Crippen molar-refractivity contribution < 1.29 is 13.9 Å². The lowest BCUT2D eigenvalue weighted by Gasteiger charge is -2.42. The van der Waals surface area contributed by atoms with E-state index in [9.17, 15) is 9.18 Å². The first-order valence-electron chi connectivity index (χ1n) is 7.29. The van der Waals surface area contributed by atoms with Crippen LogP contribution in [0.25, 0.3) is 0 Å². The Kier molecular flexibility index (Phi) is 5.17. The highest BCUT2D eigenvalue weighted by molar-refractivity contribution is 5.67. The Balaban J connectivity index is 1.78. The van der Waals surface area contributed by atoms with Crippen LogP contribution in [-0.2, 0) is 11.3 Å². The molecule has 0 unspecified atom stereocenters. The van der Waals surface area contributed by atoms with Crippen LogP contribution in [0.2, 0.25) is 0 Å². The van der Waals surface area contributed by atoms with E-state index >= 15 is 0 Å². The van der Waals surface area contributed by atoms with Crippen LogP contribution in [0.15, 0.2) is 30.3 Å². The Bertz CT molecular complexity index is 457. The van der Waals surface area contributed by atoms with Gasteiger partial charge >= 0.3 is 6.09 Å². The molecule has 5 heteroatoms. The molecular formula is C16H23FN2O2. The molecule has 1 aliphatic rings. The van der Waals surface area contributed by atoms with Crippen molar-refractivity contribution in [2.24, 2.45) is 0 Å². The van der Waals surface area contributed by atoms with Crippen molar-refractivity contribution in [2.45, 2.75) is 26.0 Å². The smallest absolute Gasteiger partial charge is 0.410 e. The molecule has 1 aromatic rings. The molecule has 1 heterocycles. The molecule has 1 fully saturated rings. The van der Waals surface area contributed by atoms with Gasteiger partial charge in [-0.05, 0) is 19.4 Å². The standard InChI is InChI=1S/C16H23FN2O2/c1-16(2,13-17)19-10-8-18(9-11-19)15(20)21-12-14-6-4-3-5-7-14/h3-7H,8-13H2,1-2H3. The molecule has 0 aromatic heterocycles. The summed E-state index contributed by atoms with van der Waals surface area (Å²) in [6.45, 7) is 6.19. The number of carbonyl (C=O) groups excluding carboxylic acids is 1. The van der Waals surface area contributed by atoms with E-state index in [1.165, 1.54) is 0 Å². The molecule has 0 aliphatic carbocycles. The number of amides is 1. The average molecular weight is 294 g/mol. The zero-order valence-electron chi connectivity index (χ0n) is 12.7. The van der Waals surface area contributed by atoms with Gasteiger partial charge in [-0.3, -0.25) is 4.90 Å². The third kappa shape index (κ3) is 4.17. The monoisotopic (exact) mass is 294 g/mol. The predicted molar refractivity (Wildman–Crippen MR) is 79.8 cm³/mol. The first kappa shape index (κ1) is 15.8. The zero-order valence-corrected chi connectivity index (χ0v) is 12.7. The molecule has 1 saturated heterocycles. The lowest BCUT2D eigenvalue weighted by Crippen LogP contribution is -2.56. The summed E-state index contributed by atoms with van der Waals surface area (Å²) in [4.78, 5) is 15.8. The van der Waals surface area contributed by atoms with E-state index in [0.717, 1.165) is 5.56 Å². The number of alkyl halides is 1. The van der Waals surface area contributed by atoms with Gasteiger partial charge < -0.3 is 9.64 Å². The van der Waals surface area contributed by atoms with E-state index in [2.05, 4.69) is 4.90 Å². The summed E-state index contributed by atoms with van der Waals surface area (Å²) in [5.74, 6) is 0. The molecule has 1 aromatic carbocycles. The fraction of sp³-hybridized carbons (Fsp3) is 0.562. The van der Waals surface area contributed by atoms with Gasteiger partial charge in [0.2, 0.25) is 0 Å². The summed E-state index contributed by atoms with van der Waals surface area (Å²) in [6, 6.07) is 9.61. The number of nitrogens with zero attached hydrogens (tertiary/aromatic N) is 2. The van der Waals surface area contributed by atoms with E-state index in [1.54, 1.807) is 4.90 Å². The number of halogens is 1. The second-order valence-electron chi connectivity index (χ2n) is 5.96. The van der Waals surface area contributed by atoms with Crippen molar-refractivity contribution in [1.29, 1.82) is 0 Å². The van der Waals surface area contributed by atoms with Gasteiger partial charge in [-0.1, -0.05) is 30.3 Å². The van der Waals surface area contributed by atoms with Gasteiger partial charge in [0.25, 0.3) is 0 Å². The van der Waals surface area contributed by atoms with Crippen LogP contribution in [0.4, 0.5) is 9.18 Å². The maximum atomic E-state index is 13.0. The minimum atomic E-state index is -0.458. The second-order valence-corrected chi connectivity index (χ2v) is 5.96.